The van der Waals surface area contributed by atoms with Gasteiger partial charge in [-0.15, -0.1) is 0 Å². The first kappa shape index (κ1) is 29.0. The SMILES string of the molecule is [C-]#[N+]c1ccc2c(c1)c1ccccc1n2-c1cccc(-c2cccc([Si](c3ccccc3)(c3ccccc3)c3ccccc3)c2)c1C#N. The second-order valence-corrected chi connectivity index (χ2v) is 15.7. The van der Waals surface area contributed by atoms with E-state index in [1.165, 1.54) is 20.7 Å². The first-order valence-corrected chi connectivity index (χ1v) is 18.0. The Morgan fingerprint density at radius 1 is 0.521 bits per heavy atom. The molecule has 0 saturated heterocycles. The van der Waals surface area contributed by atoms with Crippen LogP contribution < -0.4 is 20.7 Å². The summed E-state index contributed by atoms with van der Waals surface area (Å²) >= 11 is 0. The Bertz CT molecular complexity index is 2430. The van der Waals surface area contributed by atoms with Crippen LogP contribution >= 0.6 is 0 Å². The highest BCUT2D eigenvalue weighted by atomic mass is 28.3. The Morgan fingerprint density at radius 2 is 1.08 bits per heavy atom. The number of nitriles is 1. The Labute approximate surface area is 281 Å². The summed E-state index contributed by atoms with van der Waals surface area (Å²) < 4.78 is 2.17. The molecule has 0 radical (unpaired) electrons. The summed E-state index contributed by atoms with van der Waals surface area (Å²) in [6, 6.07) is 64.2. The second kappa shape index (κ2) is 12.0. The standard InChI is InChI=1S/C44H29N3Si/c1-46-33-27-28-44-40(30-33)39-23-11-12-25-42(39)47(44)43-26-14-24-38(41(43)31-45)32-15-13-22-37(29-32)48(34-16-5-2-6-17-34,35-18-7-3-8-19-35)36-20-9-4-10-21-36/h2-30H. The van der Waals surface area contributed by atoms with Gasteiger partial charge in [0.1, 0.15) is 6.07 Å². The predicted octanol–water partition coefficient (Wildman–Crippen LogP) is 8.25. The van der Waals surface area contributed by atoms with Crippen molar-refractivity contribution < 1.29 is 0 Å². The third kappa shape index (κ3) is 4.55. The van der Waals surface area contributed by atoms with E-state index in [1.807, 2.05) is 42.5 Å². The average molecular weight is 628 g/mol. The van der Waals surface area contributed by atoms with E-state index in [0.717, 1.165) is 38.6 Å². The van der Waals surface area contributed by atoms with Gasteiger partial charge >= 0.3 is 0 Å². The van der Waals surface area contributed by atoms with Gasteiger partial charge in [-0.05, 0) is 56.0 Å². The van der Waals surface area contributed by atoms with E-state index >= 15 is 0 Å². The normalized spacial score (nSPS) is 11.3. The van der Waals surface area contributed by atoms with Crippen molar-refractivity contribution in [2.24, 2.45) is 0 Å². The maximum Gasteiger partial charge on any atom is 0.188 e. The molecule has 0 saturated carbocycles. The lowest BCUT2D eigenvalue weighted by Crippen LogP contribution is -2.74. The molecule has 7 aromatic carbocycles. The summed E-state index contributed by atoms with van der Waals surface area (Å²) in [5, 5.41) is 18.1. The fourth-order valence-corrected chi connectivity index (χ4v) is 12.2. The van der Waals surface area contributed by atoms with Crippen molar-refractivity contribution in [2.75, 3.05) is 0 Å². The molecule has 8 aromatic rings. The molecular formula is C44H29N3Si. The highest BCUT2D eigenvalue weighted by Crippen LogP contribution is 2.37. The van der Waals surface area contributed by atoms with E-state index in [4.69, 9.17) is 6.57 Å². The van der Waals surface area contributed by atoms with Crippen LogP contribution in [-0.4, -0.2) is 12.6 Å². The van der Waals surface area contributed by atoms with Gasteiger partial charge in [-0.1, -0.05) is 152 Å². The molecule has 8 rings (SSSR count). The number of fused-ring (bicyclic) bond motifs is 3. The zero-order valence-electron chi connectivity index (χ0n) is 26.1. The minimum atomic E-state index is -2.75. The van der Waals surface area contributed by atoms with Crippen LogP contribution in [0.15, 0.2) is 176 Å². The third-order valence-electron chi connectivity index (χ3n) is 9.41. The molecular weight excluding hydrogens is 599 g/mol. The summed E-state index contributed by atoms with van der Waals surface area (Å²) in [5.41, 5.74) is 5.88. The molecule has 0 amide bonds. The van der Waals surface area contributed by atoms with E-state index < -0.39 is 8.07 Å². The Balaban J connectivity index is 1.39. The van der Waals surface area contributed by atoms with Crippen LogP contribution in [0.4, 0.5) is 5.69 Å². The number of nitrogens with zero attached hydrogens (tertiary/aromatic N) is 3. The molecule has 3 nitrogen and oxygen atoms in total. The topological polar surface area (TPSA) is 33.1 Å². The number of hydrogen-bond acceptors (Lipinski definition) is 1. The average Bonchev–Trinajstić information content (AvgIpc) is 3.49. The van der Waals surface area contributed by atoms with Crippen LogP contribution in [0.2, 0.25) is 0 Å². The van der Waals surface area contributed by atoms with Gasteiger partial charge in [-0.2, -0.15) is 5.26 Å². The summed E-state index contributed by atoms with van der Waals surface area (Å²) in [7, 11) is -2.75. The van der Waals surface area contributed by atoms with Gasteiger partial charge in [-0.3, -0.25) is 0 Å². The summed E-state index contributed by atoms with van der Waals surface area (Å²) in [6.45, 7) is 7.59. The lowest BCUT2D eigenvalue weighted by Gasteiger charge is -2.34. The number of para-hydroxylation sites is 1. The van der Waals surface area contributed by atoms with E-state index in [1.54, 1.807) is 0 Å². The van der Waals surface area contributed by atoms with Gasteiger partial charge < -0.3 is 4.57 Å². The second-order valence-electron chi connectivity index (χ2n) is 11.9. The zero-order chi connectivity index (χ0) is 32.5. The van der Waals surface area contributed by atoms with Crippen molar-refractivity contribution >= 4 is 56.3 Å². The highest BCUT2D eigenvalue weighted by molar-refractivity contribution is 7.19. The van der Waals surface area contributed by atoms with Crippen LogP contribution in [-0.2, 0) is 0 Å². The molecule has 48 heavy (non-hydrogen) atoms. The highest BCUT2D eigenvalue weighted by Gasteiger charge is 2.41. The van der Waals surface area contributed by atoms with Crippen molar-refractivity contribution in [3.05, 3.63) is 193 Å². The smallest absolute Gasteiger partial charge is 0.188 e. The Kier molecular flexibility index (Phi) is 7.27. The fraction of sp³-hybridized carbons (Fsp3) is 0. The molecule has 0 atom stereocenters. The zero-order valence-corrected chi connectivity index (χ0v) is 27.1. The first-order chi connectivity index (χ1) is 23.7. The maximum atomic E-state index is 10.9. The van der Waals surface area contributed by atoms with Crippen LogP contribution in [0.1, 0.15) is 5.56 Å². The van der Waals surface area contributed by atoms with Crippen molar-refractivity contribution in [3.63, 3.8) is 0 Å². The third-order valence-corrected chi connectivity index (χ3v) is 14.2. The summed E-state index contributed by atoms with van der Waals surface area (Å²) in [4.78, 5) is 3.68. The van der Waals surface area contributed by atoms with Gasteiger partial charge in [-0.25, -0.2) is 4.85 Å². The number of benzene rings is 7. The maximum absolute atomic E-state index is 10.9. The van der Waals surface area contributed by atoms with Crippen LogP contribution in [0.25, 0.3) is 43.5 Å². The van der Waals surface area contributed by atoms with Gasteiger partial charge in [0.15, 0.2) is 13.8 Å². The molecule has 224 valence electrons. The lowest BCUT2D eigenvalue weighted by molar-refractivity contribution is 1.17. The van der Waals surface area contributed by atoms with Gasteiger partial charge in [0.2, 0.25) is 0 Å². The molecule has 1 heterocycles. The van der Waals surface area contributed by atoms with Crippen LogP contribution in [0, 0.1) is 17.9 Å². The molecule has 0 aliphatic carbocycles. The molecule has 0 bridgehead atoms. The minimum Gasteiger partial charge on any atom is -0.308 e. The molecule has 0 unspecified atom stereocenters. The Hall–Kier alpha value is -6.46. The van der Waals surface area contributed by atoms with Crippen molar-refractivity contribution in [1.82, 2.24) is 4.57 Å². The Morgan fingerprint density at radius 3 is 1.71 bits per heavy atom. The van der Waals surface area contributed by atoms with Crippen molar-refractivity contribution in [2.45, 2.75) is 0 Å². The van der Waals surface area contributed by atoms with Gasteiger partial charge in [0.25, 0.3) is 0 Å². The number of hydrogen-bond donors (Lipinski definition) is 0. The first-order valence-electron chi connectivity index (χ1n) is 16.0. The largest absolute Gasteiger partial charge is 0.308 e. The van der Waals surface area contributed by atoms with Crippen LogP contribution in [0.5, 0.6) is 0 Å². The molecule has 0 N–H and O–H groups in total. The molecule has 0 fully saturated rings. The number of rotatable bonds is 6. The van der Waals surface area contributed by atoms with Crippen LogP contribution in [0.3, 0.4) is 0 Å². The summed E-state index contributed by atoms with van der Waals surface area (Å²) in [5.74, 6) is 0. The summed E-state index contributed by atoms with van der Waals surface area (Å²) in [6.07, 6.45) is 0. The van der Waals surface area contributed by atoms with E-state index in [2.05, 4.69) is 149 Å². The molecule has 1 aromatic heterocycles. The van der Waals surface area contributed by atoms with E-state index in [9.17, 15) is 5.26 Å². The monoisotopic (exact) mass is 627 g/mol. The van der Waals surface area contributed by atoms with Gasteiger partial charge in [0, 0.05) is 10.9 Å². The van der Waals surface area contributed by atoms with Gasteiger partial charge in [0.05, 0.1) is 28.9 Å². The van der Waals surface area contributed by atoms with E-state index in [-0.39, 0.29) is 0 Å². The molecule has 4 heteroatoms. The fourth-order valence-electron chi connectivity index (χ4n) is 7.36. The number of aromatic nitrogens is 1. The molecule has 0 aliphatic rings. The minimum absolute atomic E-state index is 0.597. The predicted molar refractivity (Wildman–Crippen MR) is 201 cm³/mol. The van der Waals surface area contributed by atoms with Crippen molar-refractivity contribution in [3.8, 4) is 22.9 Å². The van der Waals surface area contributed by atoms with Crippen molar-refractivity contribution in [1.29, 1.82) is 5.26 Å². The molecule has 0 aliphatic heterocycles. The van der Waals surface area contributed by atoms with E-state index in [0.29, 0.717) is 11.3 Å². The lowest BCUT2D eigenvalue weighted by atomic mass is 9.98. The molecule has 0 spiro atoms. The quantitative estimate of drug-likeness (QED) is 0.104.